The minimum atomic E-state index is -2.41. The number of hydrogen-bond acceptors (Lipinski definition) is 12. The van der Waals surface area contributed by atoms with Gasteiger partial charge in [0.1, 0.15) is 47.0 Å². The number of benzene rings is 3. The van der Waals surface area contributed by atoms with Crippen molar-refractivity contribution in [2.45, 2.75) is 87.1 Å². The molecule has 2 N–H and O–H groups in total. The van der Waals surface area contributed by atoms with Crippen molar-refractivity contribution >= 4 is 31.7 Å². The number of H-pyrrole nitrogens is 1. The van der Waals surface area contributed by atoms with E-state index in [-0.39, 0.29) is 32.5 Å². The molecule has 318 valence electrons. The van der Waals surface area contributed by atoms with Gasteiger partial charge in [-0.3, -0.25) is 14.3 Å². The van der Waals surface area contributed by atoms with Crippen LogP contribution in [0.15, 0.2) is 101 Å². The summed E-state index contributed by atoms with van der Waals surface area (Å²) < 4.78 is 46.5. The van der Waals surface area contributed by atoms with Gasteiger partial charge >= 0.3 is 5.69 Å². The number of halogens is 2. The van der Waals surface area contributed by atoms with E-state index >= 15 is 0 Å². The minimum Gasteiger partial charge on any atom is -0.497 e. The number of ether oxygens (including phenoxy) is 6. The van der Waals surface area contributed by atoms with Crippen molar-refractivity contribution in [2.24, 2.45) is 0 Å². The van der Waals surface area contributed by atoms with Crippen LogP contribution in [0.4, 0.5) is 0 Å². The fourth-order valence-corrected chi connectivity index (χ4v) is 9.02. The molecule has 14 nitrogen and oxygen atoms in total. The normalized spacial score (nSPS) is 19.0. The van der Waals surface area contributed by atoms with Crippen LogP contribution in [0.3, 0.4) is 0 Å². The first-order valence-corrected chi connectivity index (χ1v) is 21.0. The van der Waals surface area contributed by atoms with Crippen LogP contribution in [0, 0.1) is 11.3 Å². The molecule has 0 spiro atoms. The lowest BCUT2D eigenvalue weighted by molar-refractivity contribution is -0.137. The van der Waals surface area contributed by atoms with Gasteiger partial charge in [0.05, 0.1) is 33.5 Å². The van der Waals surface area contributed by atoms with E-state index in [9.17, 15) is 19.7 Å². The largest absolute Gasteiger partial charge is 0.497 e. The first-order chi connectivity index (χ1) is 28.2. The molecule has 1 aliphatic rings. The van der Waals surface area contributed by atoms with E-state index in [0.29, 0.717) is 17.9 Å². The number of nitrogens with zero attached hydrogens (tertiary/aromatic N) is 3. The van der Waals surface area contributed by atoms with Crippen molar-refractivity contribution in [2.75, 3.05) is 34.2 Å². The van der Waals surface area contributed by atoms with Gasteiger partial charge in [-0.05, 0) is 75.1 Å². The third-order valence-corrected chi connectivity index (χ3v) is 12.1. The first kappa shape index (κ1) is 46.2. The van der Waals surface area contributed by atoms with Crippen LogP contribution in [-0.4, -0.2) is 88.1 Å². The number of aromatic nitrogens is 2. The van der Waals surface area contributed by atoms with Gasteiger partial charge in [-0.2, -0.15) is 5.26 Å². The first-order valence-electron chi connectivity index (χ1n) is 19.0. The maximum Gasteiger partial charge on any atom is 0.330 e. The standard InChI is InChI=1S/C42H51Cl2N4O10P/c1-28(2)48(41(3,4)22-10-23-45)59(51)58-37-34(57-39(38(37)55-27-54-26-35(43)44)47-24-21-36(49)46-40(47)50)25-56-42(29-11-8-7-9-12-29,30-13-17-32(52-5)18-14-30)31-15-19-33(53-6)20-16-31/h7-9,11-21,24,28,34-35,37-39,51H,10,22,25-27H2,1-6H3,(H,46,49,50)/t34-,37-,38-,39-,59?/m1/s1. The van der Waals surface area contributed by atoms with Crippen molar-refractivity contribution in [1.29, 1.82) is 5.26 Å². The van der Waals surface area contributed by atoms with Gasteiger partial charge in [-0.1, -0.05) is 54.6 Å². The van der Waals surface area contributed by atoms with Gasteiger partial charge in [0.2, 0.25) is 0 Å². The fourth-order valence-electron chi connectivity index (χ4n) is 7.31. The van der Waals surface area contributed by atoms with Crippen LogP contribution in [0.25, 0.3) is 0 Å². The highest BCUT2D eigenvalue weighted by Gasteiger charge is 2.52. The Hall–Kier alpha value is -3.84. The summed E-state index contributed by atoms with van der Waals surface area (Å²) in [6.45, 7) is 7.12. The number of nitriles is 1. The number of aromatic amines is 1. The van der Waals surface area contributed by atoms with E-state index in [1.54, 1.807) is 14.2 Å². The zero-order valence-electron chi connectivity index (χ0n) is 33.8. The third kappa shape index (κ3) is 11.1. The maximum atomic E-state index is 13.4. The highest BCUT2D eigenvalue weighted by molar-refractivity contribution is 7.43. The molecule has 1 unspecified atom stereocenters. The Morgan fingerprint density at radius 1 is 0.932 bits per heavy atom. The van der Waals surface area contributed by atoms with Gasteiger partial charge in [-0.25, -0.2) is 9.46 Å². The molecule has 0 saturated carbocycles. The second-order valence-electron chi connectivity index (χ2n) is 14.6. The average Bonchev–Trinajstić information content (AvgIpc) is 3.55. The summed E-state index contributed by atoms with van der Waals surface area (Å²) in [6, 6.07) is 27.9. The Bertz CT molecular complexity index is 2030. The SMILES string of the molecule is COc1ccc(C(OC[C@H]2O[C@@H](n3ccc(=O)[nH]c3=O)[C@H](OCOCC(Cl)Cl)[C@@H]2OP(O)N(C(C)C)C(C)(C)CCC#N)(c2ccccc2)c2ccc(OC)cc2)cc1. The van der Waals surface area contributed by atoms with Gasteiger partial charge in [-0.15, -0.1) is 23.2 Å². The monoisotopic (exact) mass is 872 g/mol. The lowest BCUT2D eigenvalue weighted by Crippen LogP contribution is -2.47. The summed E-state index contributed by atoms with van der Waals surface area (Å²) >= 11 is 11.9. The van der Waals surface area contributed by atoms with Crippen molar-refractivity contribution in [3.05, 3.63) is 129 Å². The second kappa shape index (κ2) is 21.1. The molecule has 5 rings (SSSR count). The molecule has 0 amide bonds. The highest BCUT2D eigenvalue weighted by Crippen LogP contribution is 2.50. The zero-order chi connectivity index (χ0) is 42.7. The molecule has 5 atom stereocenters. The highest BCUT2D eigenvalue weighted by atomic mass is 35.5. The van der Waals surface area contributed by atoms with Gasteiger partial charge in [0.25, 0.3) is 14.1 Å². The predicted octanol–water partition coefficient (Wildman–Crippen LogP) is 7.02. The molecule has 0 bridgehead atoms. The molecule has 17 heteroatoms. The minimum absolute atomic E-state index is 0.0672. The van der Waals surface area contributed by atoms with E-state index in [0.717, 1.165) is 16.7 Å². The predicted molar refractivity (Wildman–Crippen MR) is 225 cm³/mol. The molecule has 1 saturated heterocycles. The summed E-state index contributed by atoms with van der Waals surface area (Å²) in [7, 11) is 0.774. The molecule has 4 aromatic rings. The summed E-state index contributed by atoms with van der Waals surface area (Å²) in [5, 5.41) is 9.43. The van der Waals surface area contributed by atoms with Gasteiger partial charge in [0, 0.05) is 30.3 Å². The molecule has 2 heterocycles. The van der Waals surface area contributed by atoms with Crippen LogP contribution < -0.4 is 20.7 Å². The van der Waals surface area contributed by atoms with Crippen molar-refractivity contribution in [3.8, 4) is 17.6 Å². The van der Waals surface area contributed by atoms with Crippen LogP contribution in [0.2, 0.25) is 0 Å². The van der Waals surface area contributed by atoms with E-state index in [2.05, 4.69) is 11.1 Å². The molecular formula is C42H51Cl2N4O10P. The fraction of sp³-hybridized carbons (Fsp3) is 0.452. The van der Waals surface area contributed by atoms with Crippen molar-refractivity contribution in [3.63, 3.8) is 0 Å². The van der Waals surface area contributed by atoms with Crippen LogP contribution in [-0.2, 0) is 29.1 Å². The van der Waals surface area contributed by atoms with E-state index < -0.39 is 60.3 Å². The van der Waals surface area contributed by atoms with E-state index in [1.807, 2.05) is 111 Å². The summed E-state index contributed by atoms with van der Waals surface area (Å²) in [5.41, 5.74) is -1.02. The molecule has 0 radical (unpaired) electrons. The number of rotatable bonds is 21. The Morgan fingerprint density at radius 2 is 1.53 bits per heavy atom. The number of methoxy groups -OCH3 is 2. The van der Waals surface area contributed by atoms with E-state index in [1.165, 1.54) is 16.8 Å². The molecule has 3 aromatic carbocycles. The third-order valence-electron chi connectivity index (χ3n) is 9.99. The number of alkyl halides is 2. The Balaban J connectivity index is 1.65. The van der Waals surface area contributed by atoms with Crippen LogP contribution >= 0.6 is 31.7 Å². The van der Waals surface area contributed by atoms with E-state index in [4.69, 9.17) is 56.1 Å². The maximum absolute atomic E-state index is 13.4. The smallest absolute Gasteiger partial charge is 0.330 e. The second-order valence-corrected chi connectivity index (χ2v) is 17.1. The summed E-state index contributed by atoms with van der Waals surface area (Å²) in [6.07, 6.45) is -2.48. The average molecular weight is 874 g/mol. The number of nitrogens with one attached hydrogen (secondary N) is 1. The zero-order valence-corrected chi connectivity index (χ0v) is 36.2. The topological polar surface area (TPSA) is 167 Å². The lowest BCUT2D eigenvalue weighted by atomic mass is 9.80. The summed E-state index contributed by atoms with van der Waals surface area (Å²) in [4.78, 5) is 39.1. The van der Waals surface area contributed by atoms with Gasteiger partial charge < -0.3 is 37.8 Å². The molecule has 0 aliphatic carbocycles. The quantitative estimate of drug-likeness (QED) is 0.0289. The Kier molecular flexibility index (Phi) is 16.5. The Morgan fingerprint density at radius 3 is 2.05 bits per heavy atom. The molecule has 1 fully saturated rings. The summed E-state index contributed by atoms with van der Waals surface area (Å²) in [5.74, 6) is 1.29. The molecular weight excluding hydrogens is 822 g/mol. The number of hydrogen-bond donors (Lipinski definition) is 2. The lowest BCUT2D eigenvalue weighted by Gasteiger charge is -2.43. The van der Waals surface area contributed by atoms with Crippen LogP contribution in [0.1, 0.15) is 63.5 Å². The van der Waals surface area contributed by atoms with Crippen molar-refractivity contribution in [1.82, 2.24) is 14.2 Å². The molecule has 1 aromatic heterocycles. The van der Waals surface area contributed by atoms with Gasteiger partial charge in [0.15, 0.2) is 6.23 Å². The Labute approximate surface area is 355 Å². The van der Waals surface area contributed by atoms with Crippen molar-refractivity contribution < 1.29 is 37.8 Å². The molecule has 59 heavy (non-hydrogen) atoms. The van der Waals surface area contributed by atoms with Crippen LogP contribution in [0.5, 0.6) is 11.5 Å². The molecule has 1 aliphatic heterocycles.